The third-order valence-electron chi connectivity index (χ3n) is 3.81. The molecule has 0 fully saturated rings. The molecule has 0 amide bonds. The van der Waals surface area contributed by atoms with E-state index in [9.17, 15) is 8.78 Å². The molecule has 29 heavy (non-hydrogen) atoms. The SMILES string of the molecule is Nn1c(COc2ccc(F)cc2)nnc1SCc1noc(-c2ccc(F)cc2)n1. The fraction of sp³-hybridized carbons (Fsp3) is 0.111. The van der Waals surface area contributed by atoms with Gasteiger partial charge in [-0.25, -0.2) is 13.5 Å². The fourth-order valence-electron chi connectivity index (χ4n) is 2.33. The Morgan fingerprint density at radius 1 is 1.00 bits per heavy atom. The van der Waals surface area contributed by atoms with E-state index in [0.717, 1.165) is 0 Å². The highest BCUT2D eigenvalue weighted by Crippen LogP contribution is 2.22. The van der Waals surface area contributed by atoms with Crippen LogP contribution in [0.1, 0.15) is 11.6 Å². The van der Waals surface area contributed by atoms with Gasteiger partial charge in [-0.05, 0) is 48.5 Å². The van der Waals surface area contributed by atoms with E-state index in [2.05, 4.69) is 20.3 Å². The molecule has 2 heterocycles. The molecule has 0 spiro atoms. The lowest BCUT2D eigenvalue weighted by Crippen LogP contribution is -2.15. The molecule has 11 heteroatoms. The van der Waals surface area contributed by atoms with E-state index in [1.165, 1.54) is 52.8 Å². The monoisotopic (exact) mass is 416 g/mol. The van der Waals surface area contributed by atoms with Crippen LogP contribution in [-0.2, 0) is 12.4 Å². The first kappa shape index (κ1) is 18.9. The number of hydrogen-bond donors (Lipinski definition) is 1. The minimum Gasteiger partial charge on any atom is -0.486 e. The number of nitrogens with two attached hydrogens (primary N) is 1. The maximum Gasteiger partial charge on any atom is 0.257 e. The second-order valence-electron chi connectivity index (χ2n) is 5.82. The molecule has 4 rings (SSSR count). The van der Waals surface area contributed by atoms with Crippen molar-refractivity contribution in [1.29, 1.82) is 0 Å². The molecular formula is C18H14F2N6O2S. The number of nitrogens with zero attached hydrogens (tertiary/aromatic N) is 5. The summed E-state index contributed by atoms with van der Waals surface area (Å²) >= 11 is 1.27. The van der Waals surface area contributed by atoms with Crippen LogP contribution >= 0.6 is 11.8 Å². The lowest BCUT2D eigenvalue weighted by atomic mass is 10.2. The number of rotatable bonds is 7. The Balaban J connectivity index is 1.35. The Kier molecular flexibility index (Phi) is 5.38. The minimum atomic E-state index is -0.345. The van der Waals surface area contributed by atoms with Crippen molar-refractivity contribution in [2.75, 3.05) is 5.84 Å². The number of nitrogen functional groups attached to an aromatic ring is 1. The van der Waals surface area contributed by atoms with Gasteiger partial charge in [0.05, 0.1) is 5.75 Å². The summed E-state index contributed by atoms with van der Waals surface area (Å²) in [6.45, 7) is 0.0760. The summed E-state index contributed by atoms with van der Waals surface area (Å²) in [6.07, 6.45) is 0. The van der Waals surface area contributed by atoms with Crippen LogP contribution in [0.5, 0.6) is 5.75 Å². The van der Waals surface area contributed by atoms with Crippen LogP contribution in [0.15, 0.2) is 58.2 Å². The number of halogens is 2. The molecule has 0 bridgehead atoms. The molecule has 148 valence electrons. The third-order valence-corrected chi connectivity index (χ3v) is 4.75. The first-order valence-corrected chi connectivity index (χ1v) is 9.36. The first-order chi connectivity index (χ1) is 14.1. The molecule has 0 radical (unpaired) electrons. The number of aromatic nitrogens is 5. The van der Waals surface area contributed by atoms with Crippen LogP contribution in [0, 0.1) is 11.6 Å². The zero-order chi connectivity index (χ0) is 20.2. The highest BCUT2D eigenvalue weighted by Gasteiger charge is 2.14. The molecule has 0 unspecified atom stereocenters. The number of hydrogen-bond acceptors (Lipinski definition) is 8. The molecule has 2 aromatic carbocycles. The van der Waals surface area contributed by atoms with E-state index in [1.807, 2.05) is 0 Å². The van der Waals surface area contributed by atoms with E-state index in [1.54, 1.807) is 12.1 Å². The minimum absolute atomic E-state index is 0.0760. The Labute approximate surface area is 167 Å². The predicted molar refractivity (Wildman–Crippen MR) is 100 cm³/mol. The zero-order valence-electron chi connectivity index (χ0n) is 14.8. The summed E-state index contributed by atoms with van der Waals surface area (Å²) < 4.78 is 37.9. The van der Waals surface area contributed by atoms with Gasteiger partial charge in [0, 0.05) is 5.56 Å². The standard InChI is InChI=1S/C18H14F2N6O2S/c19-12-3-1-11(2-4-12)17-22-15(25-28-17)10-29-18-24-23-16(26(18)21)9-27-14-7-5-13(20)6-8-14/h1-8H,9-10,21H2. The second-order valence-corrected chi connectivity index (χ2v) is 6.77. The Morgan fingerprint density at radius 2 is 1.69 bits per heavy atom. The van der Waals surface area contributed by atoms with E-state index in [4.69, 9.17) is 15.1 Å². The van der Waals surface area contributed by atoms with E-state index in [0.29, 0.717) is 39.8 Å². The lowest BCUT2D eigenvalue weighted by molar-refractivity contribution is 0.291. The van der Waals surface area contributed by atoms with Crippen LogP contribution in [-0.4, -0.2) is 25.0 Å². The number of thioether (sulfide) groups is 1. The number of benzene rings is 2. The smallest absolute Gasteiger partial charge is 0.257 e. The predicted octanol–water partition coefficient (Wildman–Crippen LogP) is 3.19. The average Bonchev–Trinajstić information content (AvgIpc) is 3.33. The van der Waals surface area contributed by atoms with Crippen molar-refractivity contribution in [2.24, 2.45) is 0 Å². The van der Waals surface area contributed by atoms with E-state index >= 15 is 0 Å². The van der Waals surface area contributed by atoms with Crippen molar-refractivity contribution in [2.45, 2.75) is 17.5 Å². The van der Waals surface area contributed by atoms with Crippen LogP contribution in [0.3, 0.4) is 0 Å². The molecule has 2 N–H and O–H groups in total. The first-order valence-electron chi connectivity index (χ1n) is 8.37. The van der Waals surface area contributed by atoms with Crippen molar-refractivity contribution in [3.05, 3.63) is 71.8 Å². The van der Waals surface area contributed by atoms with Crippen molar-refractivity contribution < 1.29 is 18.0 Å². The molecule has 2 aromatic heterocycles. The maximum absolute atomic E-state index is 13.0. The molecule has 0 aliphatic carbocycles. The van der Waals surface area contributed by atoms with Gasteiger partial charge in [-0.15, -0.1) is 10.2 Å². The molecule has 0 saturated carbocycles. The van der Waals surface area contributed by atoms with Crippen molar-refractivity contribution in [3.63, 3.8) is 0 Å². The summed E-state index contributed by atoms with van der Waals surface area (Å²) in [5.41, 5.74) is 0.623. The van der Waals surface area contributed by atoms with Crippen molar-refractivity contribution in [1.82, 2.24) is 25.0 Å². The van der Waals surface area contributed by atoms with Gasteiger partial charge in [0.2, 0.25) is 5.16 Å². The van der Waals surface area contributed by atoms with Gasteiger partial charge >= 0.3 is 0 Å². The highest BCUT2D eigenvalue weighted by molar-refractivity contribution is 7.98. The summed E-state index contributed by atoms with van der Waals surface area (Å²) in [4.78, 5) is 4.27. The Morgan fingerprint density at radius 3 is 2.41 bits per heavy atom. The normalized spacial score (nSPS) is 11.0. The third kappa shape index (κ3) is 4.51. The van der Waals surface area contributed by atoms with E-state index in [-0.39, 0.29) is 18.2 Å². The van der Waals surface area contributed by atoms with Crippen molar-refractivity contribution >= 4 is 11.8 Å². The lowest BCUT2D eigenvalue weighted by Gasteiger charge is -2.06. The maximum atomic E-state index is 13.0. The van der Waals surface area contributed by atoms with Gasteiger partial charge in [-0.1, -0.05) is 16.9 Å². The topological polar surface area (TPSA) is 105 Å². The van der Waals surface area contributed by atoms with Gasteiger partial charge in [-0.3, -0.25) is 0 Å². The summed E-state index contributed by atoms with van der Waals surface area (Å²) in [5, 5.41) is 12.3. The molecule has 0 aliphatic rings. The van der Waals surface area contributed by atoms with Gasteiger partial charge in [-0.2, -0.15) is 4.98 Å². The average molecular weight is 416 g/mol. The molecule has 4 aromatic rings. The Bertz CT molecular complexity index is 1100. The second kappa shape index (κ2) is 8.27. The Hall–Kier alpha value is -3.47. The van der Waals surface area contributed by atoms with Crippen LogP contribution in [0.4, 0.5) is 8.78 Å². The van der Waals surface area contributed by atoms with Crippen molar-refractivity contribution in [3.8, 4) is 17.2 Å². The fourth-order valence-corrected chi connectivity index (χ4v) is 3.05. The quantitative estimate of drug-likeness (QED) is 0.362. The van der Waals surface area contributed by atoms with Gasteiger partial charge in [0.15, 0.2) is 11.6 Å². The molecule has 0 aliphatic heterocycles. The van der Waals surface area contributed by atoms with Gasteiger partial charge in [0.25, 0.3) is 5.89 Å². The van der Waals surface area contributed by atoms with Crippen LogP contribution in [0.25, 0.3) is 11.5 Å². The highest BCUT2D eigenvalue weighted by atomic mass is 32.2. The van der Waals surface area contributed by atoms with Gasteiger partial charge < -0.3 is 15.1 Å². The van der Waals surface area contributed by atoms with Crippen LogP contribution in [0.2, 0.25) is 0 Å². The van der Waals surface area contributed by atoms with E-state index < -0.39 is 0 Å². The van der Waals surface area contributed by atoms with Crippen LogP contribution < -0.4 is 10.6 Å². The molecule has 0 saturated heterocycles. The summed E-state index contributed by atoms with van der Waals surface area (Å²) in [7, 11) is 0. The molecular weight excluding hydrogens is 402 g/mol. The largest absolute Gasteiger partial charge is 0.486 e. The number of ether oxygens (including phenoxy) is 1. The molecule has 0 atom stereocenters. The summed E-state index contributed by atoms with van der Waals surface area (Å²) in [5.74, 6) is 7.27. The molecule has 8 nitrogen and oxygen atoms in total. The zero-order valence-corrected chi connectivity index (χ0v) is 15.6. The van der Waals surface area contributed by atoms with Gasteiger partial charge in [0.1, 0.15) is 24.0 Å². The summed E-state index contributed by atoms with van der Waals surface area (Å²) in [6, 6.07) is 11.4.